The van der Waals surface area contributed by atoms with Crippen LogP contribution in [-0.2, 0) is 38.7 Å². The van der Waals surface area contributed by atoms with Crippen LogP contribution in [0.5, 0.6) is 0 Å². The van der Waals surface area contributed by atoms with Crippen LogP contribution in [0.4, 0.5) is 0 Å². The average molecular weight is 703 g/mol. The van der Waals surface area contributed by atoms with Crippen molar-refractivity contribution in [2.75, 3.05) is 19.0 Å². The Hall–Kier alpha value is -2.39. The number of hydrogen-bond acceptors (Lipinski definition) is 11. The number of carbonyl (C=O) groups excluding carboxylic acids is 2. The van der Waals surface area contributed by atoms with Crippen molar-refractivity contribution in [3.05, 3.63) is 48.6 Å². The molecule has 276 valence electrons. The Morgan fingerprint density at radius 2 is 1.31 bits per heavy atom. The van der Waals surface area contributed by atoms with Crippen molar-refractivity contribution in [3.8, 4) is 0 Å². The molecule has 0 radical (unpaired) electrons. The van der Waals surface area contributed by atoms with Crippen LogP contribution in [-0.4, -0.2) is 96.0 Å². The molecular formula is C35H58O12S. The van der Waals surface area contributed by atoms with E-state index in [1.807, 2.05) is 36.5 Å². The Bertz CT molecular complexity index is 1100. The number of allylic oxidation sites excluding steroid dienone is 8. The fraction of sp³-hybridized carbons (Fsp3) is 0.714. The lowest BCUT2D eigenvalue weighted by molar-refractivity contribution is -0.297. The van der Waals surface area contributed by atoms with Gasteiger partial charge < -0.3 is 34.3 Å². The molecule has 0 amide bonds. The second kappa shape index (κ2) is 26.5. The van der Waals surface area contributed by atoms with E-state index in [0.29, 0.717) is 12.8 Å². The smallest absolute Gasteiger partial charge is 0.306 e. The molecule has 1 rings (SSSR count). The minimum Gasteiger partial charge on any atom is -0.462 e. The third-order valence-corrected chi connectivity index (χ3v) is 8.27. The van der Waals surface area contributed by atoms with E-state index < -0.39 is 71.2 Å². The highest BCUT2D eigenvalue weighted by atomic mass is 32.2. The quantitative estimate of drug-likeness (QED) is 0.0415. The van der Waals surface area contributed by atoms with E-state index in [4.69, 9.17) is 23.5 Å². The summed E-state index contributed by atoms with van der Waals surface area (Å²) in [5.41, 5.74) is 0. The first-order chi connectivity index (χ1) is 23.0. The minimum absolute atomic E-state index is 0.117. The Balaban J connectivity index is 2.62. The average Bonchev–Trinajstić information content (AvgIpc) is 3.04. The third kappa shape index (κ3) is 21.6. The van der Waals surface area contributed by atoms with Crippen molar-refractivity contribution >= 4 is 22.1 Å². The van der Waals surface area contributed by atoms with Gasteiger partial charge in [0.25, 0.3) is 10.1 Å². The predicted octanol–water partition coefficient (Wildman–Crippen LogP) is 4.88. The van der Waals surface area contributed by atoms with Gasteiger partial charge in [-0.1, -0.05) is 107 Å². The SMILES string of the molecule is CC/C=C/C=C/C=C/C=C/CCCCCC(=O)OC(COC(=O)CCCCCCCCC)CO[C@H]1O[C@H](CS(=O)(=O)O)[C@@H](O)C(O)C1O. The first kappa shape index (κ1) is 43.6. The van der Waals surface area contributed by atoms with E-state index in [-0.39, 0.29) is 19.4 Å². The van der Waals surface area contributed by atoms with Crippen molar-refractivity contribution in [2.45, 2.75) is 141 Å². The topological polar surface area (TPSA) is 186 Å². The molecule has 3 unspecified atom stereocenters. The molecule has 1 saturated heterocycles. The molecule has 6 atom stereocenters. The van der Waals surface area contributed by atoms with Gasteiger partial charge in [0.05, 0.1) is 6.61 Å². The Labute approximate surface area is 286 Å². The number of aliphatic hydroxyl groups excluding tert-OH is 3. The number of unbranched alkanes of at least 4 members (excludes halogenated alkanes) is 9. The highest BCUT2D eigenvalue weighted by molar-refractivity contribution is 7.85. The first-order valence-electron chi connectivity index (χ1n) is 17.2. The van der Waals surface area contributed by atoms with Crippen LogP contribution in [0.3, 0.4) is 0 Å². The molecule has 0 saturated carbocycles. The predicted molar refractivity (Wildman–Crippen MR) is 182 cm³/mol. The summed E-state index contributed by atoms with van der Waals surface area (Å²) in [6, 6.07) is 0. The van der Waals surface area contributed by atoms with Crippen LogP contribution in [0.1, 0.15) is 104 Å². The molecule has 13 heteroatoms. The van der Waals surface area contributed by atoms with Gasteiger partial charge in [-0.15, -0.1) is 0 Å². The summed E-state index contributed by atoms with van der Waals surface area (Å²) in [6.45, 7) is 3.47. The van der Waals surface area contributed by atoms with Gasteiger partial charge in [-0.2, -0.15) is 8.42 Å². The van der Waals surface area contributed by atoms with Gasteiger partial charge in [0, 0.05) is 12.8 Å². The molecule has 0 aromatic rings. The normalized spacial score (nSPS) is 22.7. The zero-order chi connectivity index (χ0) is 35.6. The lowest BCUT2D eigenvalue weighted by Gasteiger charge is -2.40. The van der Waals surface area contributed by atoms with Gasteiger partial charge in [0.15, 0.2) is 12.4 Å². The van der Waals surface area contributed by atoms with Crippen LogP contribution in [0.15, 0.2) is 48.6 Å². The number of hydrogen-bond donors (Lipinski definition) is 4. The first-order valence-corrected chi connectivity index (χ1v) is 18.9. The zero-order valence-electron chi connectivity index (χ0n) is 28.6. The summed E-state index contributed by atoms with van der Waals surface area (Å²) in [4.78, 5) is 25.0. The molecule has 0 aromatic heterocycles. The Kier molecular flexibility index (Phi) is 24.1. The number of ether oxygens (including phenoxy) is 4. The number of carbonyl (C=O) groups is 2. The van der Waals surface area contributed by atoms with Crippen molar-refractivity contribution < 1.29 is 56.8 Å². The molecule has 4 N–H and O–H groups in total. The second-order valence-corrected chi connectivity index (χ2v) is 13.4. The van der Waals surface area contributed by atoms with Gasteiger partial charge in [-0.3, -0.25) is 14.1 Å². The maximum absolute atomic E-state index is 12.6. The Morgan fingerprint density at radius 1 is 0.729 bits per heavy atom. The fourth-order valence-corrected chi connectivity index (χ4v) is 5.49. The van der Waals surface area contributed by atoms with Gasteiger partial charge in [0.1, 0.15) is 36.8 Å². The van der Waals surface area contributed by atoms with Crippen molar-refractivity contribution in [3.63, 3.8) is 0 Å². The summed E-state index contributed by atoms with van der Waals surface area (Å²) >= 11 is 0. The molecule has 0 aliphatic carbocycles. The van der Waals surface area contributed by atoms with E-state index >= 15 is 0 Å². The molecule has 1 fully saturated rings. The zero-order valence-corrected chi connectivity index (χ0v) is 29.4. The molecular weight excluding hydrogens is 644 g/mol. The summed E-state index contributed by atoms with van der Waals surface area (Å²) in [6.07, 6.45) is 17.8. The van der Waals surface area contributed by atoms with Crippen LogP contribution < -0.4 is 0 Å². The van der Waals surface area contributed by atoms with E-state index in [2.05, 4.69) is 26.0 Å². The van der Waals surface area contributed by atoms with Crippen LogP contribution in [0, 0.1) is 0 Å². The van der Waals surface area contributed by atoms with Crippen LogP contribution in [0.2, 0.25) is 0 Å². The van der Waals surface area contributed by atoms with Gasteiger partial charge in [-0.25, -0.2) is 0 Å². The van der Waals surface area contributed by atoms with Gasteiger partial charge in [0.2, 0.25) is 0 Å². The third-order valence-electron chi connectivity index (χ3n) is 7.52. The summed E-state index contributed by atoms with van der Waals surface area (Å²) in [5.74, 6) is -2.05. The van der Waals surface area contributed by atoms with Crippen molar-refractivity contribution in [1.82, 2.24) is 0 Å². The summed E-state index contributed by atoms with van der Waals surface area (Å²) in [7, 11) is -4.60. The second-order valence-electron chi connectivity index (χ2n) is 11.9. The monoisotopic (exact) mass is 702 g/mol. The van der Waals surface area contributed by atoms with Crippen molar-refractivity contribution in [1.29, 1.82) is 0 Å². The largest absolute Gasteiger partial charge is 0.462 e. The highest BCUT2D eigenvalue weighted by Crippen LogP contribution is 2.23. The summed E-state index contributed by atoms with van der Waals surface area (Å²) in [5, 5.41) is 30.6. The van der Waals surface area contributed by atoms with E-state index in [0.717, 1.165) is 51.4 Å². The van der Waals surface area contributed by atoms with E-state index in [9.17, 15) is 33.3 Å². The molecule has 1 aliphatic rings. The number of aliphatic hydroxyl groups is 3. The minimum atomic E-state index is -4.60. The molecule has 48 heavy (non-hydrogen) atoms. The maximum Gasteiger partial charge on any atom is 0.306 e. The molecule has 0 bridgehead atoms. The maximum atomic E-state index is 12.6. The fourth-order valence-electron chi connectivity index (χ4n) is 4.80. The van der Waals surface area contributed by atoms with E-state index in [1.54, 1.807) is 0 Å². The van der Waals surface area contributed by atoms with E-state index in [1.165, 1.54) is 12.8 Å². The van der Waals surface area contributed by atoms with Gasteiger partial charge >= 0.3 is 11.9 Å². The molecule has 0 aromatic carbocycles. The highest BCUT2D eigenvalue weighted by Gasteiger charge is 2.46. The molecule has 12 nitrogen and oxygen atoms in total. The molecule has 1 heterocycles. The standard InChI is InChI=1S/C35H58O12S/c1-3-5-7-9-11-12-13-14-15-16-18-20-22-24-31(37)46-28(25-44-30(36)23-21-19-17-10-8-6-4-2)26-45-35-34(40)33(39)32(38)29(47-35)27-48(41,42)43/h5,7,9,11-15,28-29,32-35,38-40H,3-4,6,8,10,16-27H2,1-2H3,(H,41,42,43)/b7-5+,11-9+,13-12+,15-14+/t28?,29-,32-,33?,34?,35+/m1/s1. The molecule has 0 spiro atoms. The number of esters is 2. The Morgan fingerprint density at radius 3 is 1.96 bits per heavy atom. The van der Waals surface area contributed by atoms with Gasteiger partial charge in [-0.05, 0) is 32.1 Å². The number of rotatable bonds is 26. The lowest BCUT2D eigenvalue weighted by Crippen LogP contribution is -2.60. The van der Waals surface area contributed by atoms with Crippen LogP contribution >= 0.6 is 0 Å². The molecule has 1 aliphatic heterocycles. The lowest BCUT2D eigenvalue weighted by atomic mass is 10.00. The van der Waals surface area contributed by atoms with Crippen molar-refractivity contribution in [2.24, 2.45) is 0 Å². The van der Waals surface area contributed by atoms with Crippen LogP contribution in [0.25, 0.3) is 0 Å². The summed E-state index contributed by atoms with van der Waals surface area (Å²) < 4.78 is 53.5.